The lowest BCUT2D eigenvalue weighted by atomic mass is 9.89. The van der Waals surface area contributed by atoms with Gasteiger partial charge in [-0.15, -0.1) is 0 Å². The fourth-order valence-electron chi connectivity index (χ4n) is 3.58. The average molecular weight is 358 g/mol. The molecule has 4 heteroatoms. The summed E-state index contributed by atoms with van der Waals surface area (Å²) >= 11 is 0. The lowest BCUT2D eigenvalue weighted by molar-refractivity contribution is 0.0601. The van der Waals surface area contributed by atoms with E-state index >= 15 is 0 Å². The van der Waals surface area contributed by atoms with E-state index in [4.69, 9.17) is 9.47 Å². The molecular weight excluding hydrogens is 340 g/mol. The van der Waals surface area contributed by atoms with Gasteiger partial charge in [-0.3, -0.25) is 0 Å². The molecule has 0 aliphatic carbocycles. The molecule has 0 aromatic heterocycles. The van der Waals surface area contributed by atoms with Crippen molar-refractivity contribution in [3.63, 3.8) is 0 Å². The minimum absolute atomic E-state index is 0.00846. The molecule has 0 heterocycles. The van der Waals surface area contributed by atoms with Gasteiger partial charge in [0.05, 0.1) is 19.8 Å². The summed E-state index contributed by atoms with van der Waals surface area (Å²) in [6, 6.07) is 20.7. The van der Waals surface area contributed by atoms with Gasteiger partial charge in [-0.25, -0.2) is 4.79 Å². The molecule has 0 aliphatic rings. The molecule has 0 amide bonds. The average Bonchev–Trinajstić information content (AvgIpc) is 2.73. The summed E-state index contributed by atoms with van der Waals surface area (Å²) in [5.41, 5.74) is 1.93. The van der Waals surface area contributed by atoms with E-state index < -0.39 is 5.97 Å². The van der Waals surface area contributed by atoms with E-state index in [2.05, 4.69) is 0 Å². The summed E-state index contributed by atoms with van der Waals surface area (Å²) in [4.78, 5) is 12.5. The molecule has 27 heavy (non-hydrogen) atoms. The zero-order chi connectivity index (χ0) is 19.0. The van der Waals surface area contributed by atoms with Crippen LogP contribution in [0.1, 0.15) is 10.4 Å². The van der Waals surface area contributed by atoms with Crippen LogP contribution in [-0.2, 0) is 4.74 Å². The number of phenolic OH excluding ortho intramolecular Hbond substituents is 1. The number of phenols is 1. The number of hydrogen-bond acceptors (Lipinski definition) is 4. The highest BCUT2D eigenvalue weighted by Gasteiger charge is 2.22. The van der Waals surface area contributed by atoms with Crippen molar-refractivity contribution >= 4 is 27.5 Å². The molecule has 0 aliphatic heterocycles. The summed E-state index contributed by atoms with van der Waals surface area (Å²) in [6.45, 7) is 0. The van der Waals surface area contributed by atoms with Gasteiger partial charge < -0.3 is 14.6 Å². The molecule has 4 aromatic carbocycles. The highest BCUT2D eigenvalue weighted by molar-refractivity contribution is 6.21. The Kier molecular flexibility index (Phi) is 4.16. The van der Waals surface area contributed by atoms with Crippen LogP contribution >= 0.6 is 0 Å². The van der Waals surface area contributed by atoms with Gasteiger partial charge in [0.25, 0.3) is 0 Å². The number of rotatable bonds is 3. The summed E-state index contributed by atoms with van der Waals surface area (Å²) in [5.74, 6) is 0.179. The first-order valence-corrected chi connectivity index (χ1v) is 8.55. The number of ether oxygens (including phenoxy) is 2. The van der Waals surface area contributed by atoms with Gasteiger partial charge in [0.2, 0.25) is 0 Å². The molecule has 0 atom stereocenters. The van der Waals surface area contributed by atoms with Crippen molar-refractivity contribution in [3.8, 4) is 22.6 Å². The van der Waals surface area contributed by atoms with Crippen LogP contribution in [0.5, 0.6) is 11.5 Å². The second-order valence-electron chi connectivity index (χ2n) is 6.22. The van der Waals surface area contributed by atoms with Crippen LogP contribution in [0.15, 0.2) is 66.7 Å². The van der Waals surface area contributed by atoms with Gasteiger partial charge in [-0.1, -0.05) is 54.6 Å². The smallest absolute Gasteiger partial charge is 0.338 e. The predicted molar refractivity (Wildman–Crippen MR) is 106 cm³/mol. The maximum Gasteiger partial charge on any atom is 0.338 e. The zero-order valence-electron chi connectivity index (χ0n) is 15.0. The highest BCUT2D eigenvalue weighted by Crippen LogP contribution is 2.44. The van der Waals surface area contributed by atoms with E-state index in [1.54, 1.807) is 13.2 Å². The third-order valence-electron chi connectivity index (χ3n) is 4.77. The van der Waals surface area contributed by atoms with Crippen molar-refractivity contribution < 1.29 is 19.4 Å². The van der Waals surface area contributed by atoms with Crippen molar-refractivity contribution in [1.82, 2.24) is 0 Å². The number of carbonyl (C=O) groups is 1. The topological polar surface area (TPSA) is 55.8 Å². The number of hydrogen-bond donors (Lipinski definition) is 1. The Labute approximate surface area is 156 Å². The minimum Gasteiger partial charge on any atom is -0.507 e. The van der Waals surface area contributed by atoms with Gasteiger partial charge in [-0.2, -0.15) is 0 Å². The Morgan fingerprint density at radius 3 is 2.19 bits per heavy atom. The van der Waals surface area contributed by atoms with Crippen molar-refractivity contribution in [1.29, 1.82) is 0 Å². The number of esters is 1. The summed E-state index contributed by atoms with van der Waals surface area (Å²) in [7, 11) is 2.94. The summed E-state index contributed by atoms with van der Waals surface area (Å²) in [6.07, 6.45) is 0. The molecule has 4 aromatic rings. The zero-order valence-corrected chi connectivity index (χ0v) is 15.0. The fraction of sp³-hybridized carbons (Fsp3) is 0.0870. The third-order valence-corrected chi connectivity index (χ3v) is 4.77. The molecule has 4 rings (SSSR count). The van der Waals surface area contributed by atoms with Crippen molar-refractivity contribution in [3.05, 3.63) is 72.3 Å². The van der Waals surface area contributed by atoms with Crippen LogP contribution in [0.4, 0.5) is 0 Å². The van der Waals surface area contributed by atoms with Crippen LogP contribution in [0.25, 0.3) is 32.7 Å². The minimum atomic E-state index is -0.494. The number of methoxy groups -OCH3 is 2. The predicted octanol–water partition coefficient (Wildman–Crippen LogP) is 5.16. The van der Waals surface area contributed by atoms with E-state index in [0.29, 0.717) is 16.7 Å². The second-order valence-corrected chi connectivity index (χ2v) is 6.22. The molecule has 0 saturated heterocycles. The van der Waals surface area contributed by atoms with Crippen LogP contribution in [0, 0.1) is 0 Å². The molecular formula is C23H18O4. The van der Waals surface area contributed by atoms with Gasteiger partial charge >= 0.3 is 5.97 Å². The quantitative estimate of drug-likeness (QED) is 0.406. The number of fused-ring (bicyclic) bond motifs is 3. The van der Waals surface area contributed by atoms with Crippen molar-refractivity contribution in [2.75, 3.05) is 14.2 Å². The first kappa shape index (κ1) is 16.9. The molecule has 134 valence electrons. The van der Waals surface area contributed by atoms with Crippen LogP contribution in [0.2, 0.25) is 0 Å². The third kappa shape index (κ3) is 2.66. The van der Waals surface area contributed by atoms with E-state index in [-0.39, 0.29) is 5.75 Å². The molecule has 1 N–H and O–H groups in total. The Balaban J connectivity index is 2.28. The Morgan fingerprint density at radius 2 is 1.52 bits per heavy atom. The second kappa shape index (κ2) is 6.65. The highest BCUT2D eigenvalue weighted by atomic mass is 16.5. The lowest BCUT2D eigenvalue weighted by Gasteiger charge is -2.17. The Bertz CT molecular complexity index is 1160. The number of benzene rings is 4. The molecule has 0 unspecified atom stereocenters. The molecule has 0 spiro atoms. The van der Waals surface area contributed by atoms with Gasteiger partial charge in [0, 0.05) is 21.7 Å². The maximum absolute atomic E-state index is 12.5. The lowest BCUT2D eigenvalue weighted by Crippen LogP contribution is -2.04. The first-order valence-electron chi connectivity index (χ1n) is 8.55. The Hall–Kier alpha value is -3.53. The monoisotopic (exact) mass is 358 g/mol. The van der Waals surface area contributed by atoms with Crippen molar-refractivity contribution in [2.24, 2.45) is 0 Å². The maximum atomic E-state index is 12.5. The first-order chi connectivity index (χ1) is 13.2. The number of aromatic hydroxyl groups is 1. The van der Waals surface area contributed by atoms with Crippen LogP contribution in [-0.4, -0.2) is 25.3 Å². The number of carbonyl (C=O) groups excluding carboxylic acids is 1. The van der Waals surface area contributed by atoms with Crippen LogP contribution < -0.4 is 4.74 Å². The van der Waals surface area contributed by atoms with E-state index in [9.17, 15) is 9.90 Å². The molecule has 0 saturated carbocycles. The van der Waals surface area contributed by atoms with Gasteiger partial charge in [-0.05, 0) is 23.1 Å². The van der Waals surface area contributed by atoms with E-state index in [0.717, 1.165) is 27.3 Å². The Morgan fingerprint density at radius 1 is 0.852 bits per heavy atom. The normalized spacial score (nSPS) is 10.9. The SMILES string of the molecule is COC(=O)c1cc(O)c2cc(OC)c3ccccc3c2c1-c1ccccc1. The molecule has 4 nitrogen and oxygen atoms in total. The summed E-state index contributed by atoms with van der Waals surface area (Å²) < 4.78 is 10.5. The van der Waals surface area contributed by atoms with Crippen molar-refractivity contribution in [2.45, 2.75) is 0 Å². The molecule has 0 radical (unpaired) electrons. The molecule has 0 fully saturated rings. The van der Waals surface area contributed by atoms with Gasteiger partial charge in [0.15, 0.2) is 0 Å². The summed E-state index contributed by atoms with van der Waals surface area (Å²) in [5, 5.41) is 13.9. The standard InChI is InChI=1S/C23H18O4/c1-26-20-13-17-19(24)12-18(23(25)27-2)21(14-8-4-3-5-9-14)22(17)16-11-7-6-10-15(16)20/h3-13,24H,1-2H3. The fourth-order valence-corrected chi connectivity index (χ4v) is 3.58. The molecule has 0 bridgehead atoms. The van der Waals surface area contributed by atoms with E-state index in [1.165, 1.54) is 13.2 Å². The van der Waals surface area contributed by atoms with Crippen LogP contribution in [0.3, 0.4) is 0 Å². The largest absolute Gasteiger partial charge is 0.507 e. The van der Waals surface area contributed by atoms with E-state index in [1.807, 2.05) is 54.6 Å². The van der Waals surface area contributed by atoms with Gasteiger partial charge in [0.1, 0.15) is 11.5 Å².